The molecule has 0 bridgehead atoms. The predicted molar refractivity (Wildman–Crippen MR) is 84.9 cm³/mol. The van der Waals surface area contributed by atoms with Crippen molar-refractivity contribution in [2.75, 3.05) is 20.6 Å². The van der Waals surface area contributed by atoms with Gasteiger partial charge in [0.05, 0.1) is 4.90 Å². The van der Waals surface area contributed by atoms with Crippen LogP contribution < -0.4 is 5.32 Å². The summed E-state index contributed by atoms with van der Waals surface area (Å²) in [6.45, 7) is 1.19. The second-order valence-electron chi connectivity index (χ2n) is 4.43. The molecule has 0 aromatic carbocycles. The summed E-state index contributed by atoms with van der Waals surface area (Å²) in [4.78, 5) is 2.62. The lowest BCUT2D eigenvalue weighted by atomic mass is 10.3. The molecule has 0 aliphatic rings. The van der Waals surface area contributed by atoms with E-state index in [0.717, 1.165) is 11.3 Å². The number of rotatable bonds is 7. The largest absolute Gasteiger partial charge is 0.315 e. The molecule has 0 saturated heterocycles. The Morgan fingerprint density at radius 3 is 2.75 bits per heavy atom. The predicted octanol–water partition coefficient (Wildman–Crippen LogP) is 2.39. The zero-order chi connectivity index (χ0) is 14.6. The number of nitrogens with one attached hydrogen (secondary N) is 1. The molecule has 0 unspecified atom stereocenters. The van der Waals surface area contributed by atoms with E-state index in [1.807, 2.05) is 24.6 Å². The lowest BCUT2D eigenvalue weighted by molar-refractivity contribution is 0.474. The van der Waals surface area contributed by atoms with E-state index in [1.54, 1.807) is 29.8 Å². The van der Waals surface area contributed by atoms with E-state index in [2.05, 4.69) is 5.32 Å². The monoisotopic (exact) mass is 330 g/mol. The molecule has 0 atom stereocenters. The fourth-order valence-corrected chi connectivity index (χ4v) is 4.93. The molecule has 2 aromatic rings. The second kappa shape index (κ2) is 6.82. The summed E-state index contributed by atoms with van der Waals surface area (Å²) in [5.74, 6) is 0. The Balaban J connectivity index is 2.04. The van der Waals surface area contributed by atoms with Gasteiger partial charge in [-0.3, -0.25) is 0 Å². The fraction of sp³-hybridized carbons (Fsp3) is 0.385. The van der Waals surface area contributed by atoms with Crippen molar-refractivity contribution in [3.8, 4) is 0 Å². The zero-order valence-corrected chi connectivity index (χ0v) is 13.9. The number of nitrogens with zero attached hydrogens (tertiary/aromatic N) is 1. The third-order valence-electron chi connectivity index (χ3n) is 2.94. The van der Waals surface area contributed by atoms with Crippen LogP contribution in [0.25, 0.3) is 0 Å². The molecule has 0 spiro atoms. The maximum Gasteiger partial charge on any atom is 0.243 e. The summed E-state index contributed by atoms with van der Waals surface area (Å²) in [7, 11) is 0.116. The molecule has 2 rings (SSSR count). The average molecular weight is 330 g/mol. The minimum atomic E-state index is -3.37. The van der Waals surface area contributed by atoms with Gasteiger partial charge in [-0.25, -0.2) is 12.7 Å². The van der Waals surface area contributed by atoms with E-state index in [9.17, 15) is 8.42 Å². The minimum absolute atomic E-state index is 0.390. The van der Waals surface area contributed by atoms with Crippen molar-refractivity contribution in [1.29, 1.82) is 0 Å². The van der Waals surface area contributed by atoms with E-state index < -0.39 is 10.0 Å². The first-order chi connectivity index (χ1) is 9.54. The summed E-state index contributed by atoms with van der Waals surface area (Å²) >= 11 is 3.12. The van der Waals surface area contributed by atoms with Gasteiger partial charge in [-0.05, 0) is 31.0 Å². The molecule has 7 heteroatoms. The van der Waals surface area contributed by atoms with E-state index in [4.69, 9.17) is 0 Å². The highest BCUT2D eigenvalue weighted by Gasteiger charge is 2.21. The summed E-state index contributed by atoms with van der Waals surface area (Å²) in [5.41, 5.74) is 0. The van der Waals surface area contributed by atoms with Crippen LogP contribution in [-0.2, 0) is 23.0 Å². The molecule has 0 amide bonds. The van der Waals surface area contributed by atoms with Crippen LogP contribution in [-0.4, -0.2) is 33.4 Å². The van der Waals surface area contributed by atoms with Crippen LogP contribution >= 0.6 is 22.7 Å². The highest BCUT2D eigenvalue weighted by Crippen LogP contribution is 2.22. The lowest BCUT2D eigenvalue weighted by Gasteiger charge is -2.15. The zero-order valence-electron chi connectivity index (χ0n) is 11.5. The summed E-state index contributed by atoms with van der Waals surface area (Å²) < 4.78 is 26.3. The van der Waals surface area contributed by atoms with Gasteiger partial charge < -0.3 is 5.32 Å². The smallest absolute Gasteiger partial charge is 0.243 e. The molecule has 20 heavy (non-hydrogen) atoms. The van der Waals surface area contributed by atoms with E-state index in [0.29, 0.717) is 18.0 Å². The summed E-state index contributed by atoms with van der Waals surface area (Å²) in [6.07, 6.45) is 0.751. The van der Waals surface area contributed by atoms with Crippen LogP contribution in [0, 0.1) is 0 Å². The van der Waals surface area contributed by atoms with Gasteiger partial charge in [0, 0.05) is 35.3 Å². The lowest BCUT2D eigenvalue weighted by Crippen LogP contribution is -2.28. The molecule has 0 radical (unpaired) electrons. The number of sulfonamides is 1. The van der Waals surface area contributed by atoms with E-state index in [1.165, 1.54) is 20.5 Å². The molecule has 2 heterocycles. The second-order valence-corrected chi connectivity index (χ2v) is 8.51. The molecule has 2 aromatic heterocycles. The number of likely N-dealkylation sites (N-methyl/N-ethyl adjacent to an activating group) is 1. The average Bonchev–Trinajstić information content (AvgIpc) is 3.07. The number of thiophene rings is 2. The molecular weight excluding hydrogens is 312 g/mol. The van der Waals surface area contributed by atoms with Gasteiger partial charge >= 0.3 is 0 Å². The van der Waals surface area contributed by atoms with Crippen LogP contribution in [0.4, 0.5) is 0 Å². The van der Waals surface area contributed by atoms with Gasteiger partial charge in [-0.15, -0.1) is 22.7 Å². The van der Waals surface area contributed by atoms with Crippen molar-refractivity contribution in [1.82, 2.24) is 9.62 Å². The Kier molecular flexibility index (Phi) is 5.34. The molecule has 0 aliphatic heterocycles. The van der Waals surface area contributed by atoms with Crippen LogP contribution in [0.5, 0.6) is 0 Å². The van der Waals surface area contributed by atoms with Crippen molar-refractivity contribution in [2.24, 2.45) is 0 Å². The van der Waals surface area contributed by atoms with Gasteiger partial charge in [0.2, 0.25) is 10.0 Å². The molecule has 0 saturated carbocycles. The van der Waals surface area contributed by atoms with Gasteiger partial charge in [0.25, 0.3) is 0 Å². The summed E-state index contributed by atoms with van der Waals surface area (Å²) in [5, 5.41) is 6.74. The van der Waals surface area contributed by atoms with E-state index in [-0.39, 0.29) is 0 Å². The van der Waals surface area contributed by atoms with Crippen molar-refractivity contribution in [3.63, 3.8) is 0 Å². The van der Waals surface area contributed by atoms with E-state index >= 15 is 0 Å². The highest BCUT2D eigenvalue weighted by atomic mass is 32.2. The third kappa shape index (κ3) is 3.67. The van der Waals surface area contributed by atoms with Gasteiger partial charge in [-0.1, -0.05) is 6.07 Å². The number of hydrogen-bond donors (Lipinski definition) is 1. The Morgan fingerprint density at radius 2 is 2.10 bits per heavy atom. The first-order valence-corrected chi connectivity index (χ1v) is 9.44. The van der Waals surface area contributed by atoms with Gasteiger partial charge in [0.15, 0.2) is 0 Å². The molecule has 0 fully saturated rings. The van der Waals surface area contributed by atoms with Gasteiger partial charge in [0.1, 0.15) is 0 Å². The number of hydrogen-bond acceptors (Lipinski definition) is 5. The minimum Gasteiger partial charge on any atom is -0.315 e. The SMILES string of the molecule is CNCc1cc(S(=O)(=O)N(C)CCc2cccs2)cs1. The molecular formula is C13H18N2O2S3. The van der Waals surface area contributed by atoms with Crippen LogP contribution in [0.15, 0.2) is 33.9 Å². The van der Waals surface area contributed by atoms with Crippen molar-refractivity contribution >= 4 is 32.7 Å². The van der Waals surface area contributed by atoms with Crippen LogP contribution in [0.1, 0.15) is 9.75 Å². The van der Waals surface area contributed by atoms with Crippen molar-refractivity contribution in [3.05, 3.63) is 38.7 Å². The topological polar surface area (TPSA) is 49.4 Å². The normalized spacial score (nSPS) is 12.2. The van der Waals surface area contributed by atoms with Crippen molar-refractivity contribution in [2.45, 2.75) is 17.9 Å². The Bertz CT molecular complexity index is 632. The Labute approximate surface area is 128 Å². The fourth-order valence-electron chi connectivity index (χ4n) is 1.79. The van der Waals surface area contributed by atoms with Crippen molar-refractivity contribution < 1.29 is 8.42 Å². The Hall–Kier alpha value is -0.730. The molecule has 110 valence electrons. The first kappa shape index (κ1) is 15.7. The molecule has 0 aliphatic carbocycles. The van der Waals surface area contributed by atoms with Crippen LogP contribution in [0.3, 0.4) is 0 Å². The molecule has 1 N–H and O–H groups in total. The van der Waals surface area contributed by atoms with Gasteiger partial charge in [-0.2, -0.15) is 0 Å². The maximum absolute atomic E-state index is 12.4. The molecule has 4 nitrogen and oxygen atoms in total. The quantitative estimate of drug-likeness (QED) is 0.848. The maximum atomic E-state index is 12.4. The first-order valence-electron chi connectivity index (χ1n) is 6.25. The highest BCUT2D eigenvalue weighted by molar-refractivity contribution is 7.89. The standard InChI is InChI=1S/C13H18N2O2S3/c1-14-9-12-8-13(10-19-12)20(16,17)15(2)6-5-11-4-3-7-18-11/h3-4,7-8,10,14H,5-6,9H2,1-2H3. The Morgan fingerprint density at radius 1 is 1.30 bits per heavy atom. The third-order valence-corrected chi connectivity index (χ3v) is 6.80. The van der Waals surface area contributed by atoms with Crippen LogP contribution in [0.2, 0.25) is 0 Å². The summed E-state index contributed by atoms with van der Waals surface area (Å²) in [6, 6.07) is 5.76.